The van der Waals surface area contributed by atoms with Gasteiger partial charge in [0.1, 0.15) is 0 Å². The van der Waals surface area contributed by atoms with Crippen molar-refractivity contribution < 1.29 is 0 Å². The van der Waals surface area contributed by atoms with Gasteiger partial charge in [-0.3, -0.25) is 0 Å². The first-order chi connectivity index (χ1) is 24.8. The molecule has 0 atom stereocenters. The van der Waals surface area contributed by atoms with Gasteiger partial charge in [0, 0.05) is 37.7 Å². The standard InChI is InChI=1S/C46H29N3S/c1-4-13-30(14-5-1)34-25-28-41-39(29-34)37-19-10-11-22-40(37)49(41)35-26-23-31(24-27-35)36-20-12-21-38-43-45(50-44(36)38)42(32-15-6-2-7-16-32)47-46(48-43)33-17-8-3-9-18-33/h1-29H. The lowest BCUT2D eigenvalue weighted by Crippen LogP contribution is -1.93. The summed E-state index contributed by atoms with van der Waals surface area (Å²) in [5.41, 5.74) is 12.4. The molecule has 0 aliphatic rings. The summed E-state index contributed by atoms with van der Waals surface area (Å²) < 4.78 is 4.71. The normalized spacial score (nSPS) is 11.6. The molecule has 3 aromatic heterocycles. The molecule has 234 valence electrons. The molecular formula is C46H29N3S. The maximum atomic E-state index is 5.18. The summed E-state index contributed by atoms with van der Waals surface area (Å²) in [4.78, 5) is 10.3. The molecule has 0 spiro atoms. The van der Waals surface area contributed by atoms with E-state index < -0.39 is 0 Å². The van der Waals surface area contributed by atoms with E-state index in [-0.39, 0.29) is 0 Å². The molecule has 0 saturated heterocycles. The van der Waals surface area contributed by atoms with Crippen LogP contribution >= 0.6 is 11.3 Å². The highest BCUT2D eigenvalue weighted by molar-refractivity contribution is 7.26. The second-order valence-corrected chi connectivity index (χ2v) is 13.6. The number of benzene rings is 7. The Hall–Kier alpha value is -6.36. The SMILES string of the molecule is c1ccc(-c2ccc3c(c2)c2ccccc2n3-c2ccc(-c3cccc4c3sc3c(-c5ccccc5)nc(-c5ccccc5)nc34)cc2)cc1. The highest BCUT2D eigenvalue weighted by Crippen LogP contribution is 2.43. The maximum absolute atomic E-state index is 5.18. The minimum absolute atomic E-state index is 0.744. The van der Waals surface area contributed by atoms with Crippen LogP contribution in [0.15, 0.2) is 176 Å². The number of hydrogen-bond acceptors (Lipinski definition) is 3. The largest absolute Gasteiger partial charge is 0.309 e. The minimum atomic E-state index is 0.744. The number of fused-ring (bicyclic) bond motifs is 6. The number of rotatable bonds is 5. The first kappa shape index (κ1) is 28.6. The summed E-state index contributed by atoms with van der Waals surface area (Å²) in [6.45, 7) is 0. The van der Waals surface area contributed by atoms with E-state index in [0.29, 0.717) is 0 Å². The van der Waals surface area contributed by atoms with Crippen molar-refractivity contribution in [2.75, 3.05) is 0 Å². The molecule has 4 heteroatoms. The molecule has 10 rings (SSSR count). The van der Waals surface area contributed by atoms with Crippen molar-refractivity contribution in [3.05, 3.63) is 176 Å². The number of nitrogens with zero attached hydrogens (tertiary/aromatic N) is 3. The van der Waals surface area contributed by atoms with Gasteiger partial charge in [0.15, 0.2) is 5.82 Å². The fourth-order valence-corrected chi connectivity index (χ4v) is 8.54. The van der Waals surface area contributed by atoms with Gasteiger partial charge >= 0.3 is 0 Å². The van der Waals surface area contributed by atoms with Crippen molar-refractivity contribution in [1.82, 2.24) is 14.5 Å². The summed E-state index contributed by atoms with van der Waals surface area (Å²) in [5.74, 6) is 0.744. The van der Waals surface area contributed by atoms with Crippen LogP contribution in [0, 0.1) is 0 Å². The Morgan fingerprint density at radius 2 is 1.02 bits per heavy atom. The Bertz CT molecular complexity index is 2840. The Balaban J connectivity index is 1.12. The Morgan fingerprint density at radius 1 is 0.400 bits per heavy atom. The molecule has 0 N–H and O–H groups in total. The van der Waals surface area contributed by atoms with Crippen LogP contribution in [-0.4, -0.2) is 14.5 Å². The van der Waals surface area contributed by atoms with Crippen molar-refractivity contribution in [2.24, 2.45) is 0 Å². The smallest absolute Gasteiger partial charge is 0.160 e. The van der Waals surface area contributed by atoms with E-state index in [0.717, 1.165) is 43.9 Å². The lowest BCUT2D eigenvalue weighted by atomic mass is 10.0. The van der Waals surface area contributed by atoms with E-state index in [9.17, 15) is 0 Å². The van der Waals surface area contributed by atoms with Gasteiger partial charge < -0.3 is 4.57 Å². The average molecular weight is 656 g/mol. The van der Waals surface area contributed by atoms with Gasteiger partial charge in [0.05, 0.1) is 26.9 Å². The van der Waals surface area contributed by atoms with E-state index in [4.69, 9.17) is 9.97 Å². The van der Waals surface area contributed by atoms with E-state index in [1.807, 2.05) is 24.3 Å². The third kappa shape index (κ3) is 4.65. The summed E-state index contributed by atoms with van der Waals surface area (Å²) in [6.07, 6.45) is 0. The van der Waals surface area contributed by atoms with Crippen LogP contribution in [0.3, 0.4) is 0 Å². The lowest BCUT2D eigenvalue weighted by molar-refractivity contribution is 1.18. The molecule has 50 heavy (non-hydrogen) atoms. The van der Waals surface area contributed by atoms with Gasteiger partial charge in [-0.05, 0) is 52.6 Å². The number of para-hydroxylation sites is 1. The molecule has 0 fully saturated rings. The van der Waals surface area contributed by atoms with Gasteiger partial charge in [-0.1, -0.05) is 146 Å². The zero-order valence-corrected chi connectivity index (χ0v) is 27.8. The third-order valence-electron chi connectivity index (χ3n) is 9.64. The van der Waals surface area contributed by atoms with E-state index in [1.54, 1.807) is 11.3 Å². The predicted molar refractivity (Wildman–Crippen MR) is 211 cm³/mol. The van der Waals surface area contributed by atoms with Gasteiger partial charge in [0.25, 0.3) is 0 Å². The van der Waals surface area contributed by atoms with E-state index in [1.165, 1.54) is 48.8 Å². The van der Waals surface area contributed by atoms with E-state index >= 15 is 0 Å². The third-order valence-corrected chi connectivity index (χ3v) is 10.9. The maximum Gasteiger partial charge on any atom is 0.160 e. The molecular weight excluding hydrogens is 627 g/mol. The molecule has 0 unspecified atom stereocenters. The average Bonchev–Trinajstić information content (AvgIpc) is 3.74. The molecule has 0 bridgehead atoms. The van der Waals surface area contributed by atoms with Gasteiger partial charge in [-0.25, -0.2) is 9.97 Å². The predicted octanol–water partition coefficient (Wildman–Crippen LogP) is 12.6. The van der Waals surface area contributed by atoms with Crippen LogP contribution in [0.4, 0.5) is 0 Å². The zero-order chi connectivity index (χ0) is 33.0. The quantitative estimate of drug-likeness (QED) is 0.185. The fraction of sp³-hybridized carbons (Fsp3) is 0. The number of thiophene rings is 1. The van der Waals surface area contributed by atoms with Crippen LogP contribution < -0.4 is 0 Å². The Kier molecular flexibility index (Phi) is 6.68. The second-order valence-electron chi connectivity index (χ2n) is 12.6. The summed E-state index contributed by atoms with van der Waals surface area (Å²) in [7, 11) is 0. The van der Waals surface area contributed by atoms with Crippen molar-refractivity contribution in [3.8, 4) is 50.6 Å². The Morgan fingerprint density at radius 3 is 1.78 bits per heavy atom. The number of hydrogen-bond donors (Lipinski definition) is 0. The topological polar surface area (TPSA) is 30.7 Å². The molecule has 0 aliphatic carbocycles. The van der Waals surface area contributed by atoms with Crippen LogP contribution in [0.1, 0.15) is 0 Å². The first-order valence-corrected chi connectivity index (χ1v) is 17.7. The number of aromatic nitrogens is 3. The molecule has 3 nitrogen and oxygen atoms in total. The zero-order valence-electron chi connectivity index (χ0n) is 27.0. The lowest BCUT2D eigenvalue weighted by Gasteiger charge is -2.10. The molecule has 0 aliphatic heterocycles. The molecule has 0 saturated carbocycles. The second kappa shape index (κ2) is 11.7. The molecule has 10 aromatic rings. The summed E-state index contributed by atoms with van der Waals surface area (Å²) in [5, 5.41) is 3.66. The van der Waals surface area contributed by atoms with Crippen molar-refractivity contribution >= 4 is 53.4 Å². The molecule has 0 amide bonds. The van der Waals surface area contributed by atoms with Gasteiger partial charge in [-0.2, -0.15) is 0 Å². The monoisotopic (exact) mass is 655 g/mol. The summed E-state index contributed by atoms with van der Waals surface area (Å²) >= 11 is 1.78. The van der Waals surface area contributed by atoms with Crippen molar-refractivity contribution in [3.63, 3.8) is 0 Å². The van der Waals surface area contributed by atoms with Crippen LogP contribution in [-0.2, 0) is 0 Å². The summed E-state index contributed by atoms with van der Waals surface area (Å²) in [6, 6.07) is 62.5. The highest BCUT2D eigenvalue weighted by Gasteiger charge is 2.19. The van der Waals surface area contributed by atoms with Crippen molar-refractivity contribution in [2.45, 2.75) is 0 Å². The fourth-order valence-electron chi connectivity index (χ4n) is 7.25. The first-order valence-electron chi connectivity index (χ1n) is 16.8. The molecule has 7 aromatic carbocycles. The van der Waals surface area contributed by atoms with Crippen LogP contribution in [0.5, 0.6) is 0 Å². The van der Waals surface area contributed by atoms with Gasteiger partial charge in [-0.15, -0.1) is 11.3 Å². The van der Waals surface area contributed by atoms with Gasteiger partial charge in [0.2, 0.25) is 0 Å². The molecule has 0 radical (unpaired) electrons. The van der Waals surface area contributed by atoms with Crippen LogP contribution in [0.25, 0.3) is 92.7 Å². The highest BCUT2D eigenvalue weighted by atomic mass is 32.1. The van der Waals surface area contributed by atoms with Crippen LogP contribution in [0.2, 0.25) is 0 Å². The van der Waals surface area contributed by atoms with Crippen molar-refractivity contribution in [1.29, 1.82) is 0 Å². The minimum Gasteiger partial charge on any atom is -0.309 e. The molecule has 3 heterocycles. The van der Waals surface area contributed by atoms with E-state index in [2.05, 4.69) is 156 Å². The Labute approximate surface area is 293 Å².